The predicted octanol–water partition coefficient (Wildman–Crippen LogP) is -3.14. The summed E-state index contributed by atoms with van der Waals surface area (Å²) in [6, 6.07) is -8.97. The molecule has 0 saturated carbocycles. The molecule has 0 radical (unpaired) electrons. The molecular weight excluding hydrogens is 644 g/mol. The number of amides is 5. The molecule has 20 heteroatoms. The van der Waals surface area contributed by atoms with E-state index in [1.54, 1.807) is 13.8 Å². The zero-order valence-corrected chi connectivity index (χ0v) is 27.1. The standard InChI is InChI=1S/C28H46N6O14/c1-5-12(2)22(27(46)30-13(3)23(42)33-17(28(47)48)8-11-20(40)41)34-25(44)16(7-10-19(38)39)31-24(43)15(6-9-18(36)37)32-26(45)21(29)14(4)35/h12-17,21-22,35H,5-11,29H2,1-4H3,(H,30,46)(H,31,43)(H,32,45)(H,33,42)(H,34,44)(H,36,37)(H,38,39)(H,40,41)(H,47,48)/t12-,13-,14+,15-,16-,17-,21-,22-/m0/s1. The third-order valence-corrected chi connectivity index (χ3v) is 7.19. The molecule has 0 fully saturated rings. The summed E-state index contributed by atoms with van der Waals surface area (Å²) in [4.78, 5) is 109. The minimum atomic E-state index is -1.62. The second kappa shape index (κ2) is 21.1. The number of nitrogens with two attached hydrogens (primary N) is 1. The van der Waals surface area contributed by atoms with E-state index in [1.807, 2.05) is 0 Å². The van der Waals surface area contributed by atoms with Crippen LogP contribution < -0.4 is 32.3 Å². The summed E-state index contributed by atoms with van der Waals surface area (Å²) in [5, 5.41) is 57.3. The van der Waals surface area contributed by atoms with Gasteiger partial charge in [-0.1, -0.05) is 20.3 Å². The van der Waals surface area contributed by atoms with Crippen LogP contribution in [0.25, 0.3) is 0 Å². The van der Waals surface area contributed by atoms with Gasteiger partial charge in [0.05, 0.1) is 6.10 Å². The average Bonchev–Trinajstić information content (AvgIpc) is 2.99. The van der Waals surface area contributed by atoms with Crippen LogP contribution in [-0.4, -0.2) is 121 Å². The van der Waals surface area contributed by atoms with Crippen LogP contribution in [0.15, 0.2) is 0 Å². The average molecular weight is 691 g/mol. The highest BCUT2D eigenvalue weighted by Gasteiger charge is 2.34. The second-order valence-electron chi connectivity index (χ2n) is 11.2. The van der Waals surface area contributed by atoms with Crippen molar-refractivity contribution in [3.8, 4) is 0 Å². The fourth-order valence-electron chi connectivity index (χ4n) is 3.98. The summed E-state index contributed by atoms with van der Waals surface area (Å²) in [6.45, 7) is 5.65. The van der Waals surface area contributed by atoms with Crippen LogP contribution in [0.1, 0.15) is 72.6 Å². The van der Waals surface area contributed by atoms with Crippen molar-refractivity contribution < 1.29 is 68.7 Å². The Kier molecular flexibility index (Phi) is 19.0. The molecular formula is C28H46N6O14. The van der Waals surface area contributed by atoms with Gasteiger partial charge in [0.1, 0.15) is 36.3 Å². The van der Waals surface area contributed by atoms with Gasteiger partial charge in [-0.15, -0.1) is 0 Å². The maximum Gasteiger partial charge on any atom is 0.326 e. The van der Waals surface area contributed by atoms with Gasteiger partial charge in [0, 0.05) is 19.3 Å². The highest BCUT2D eigenvalue weighted by atomic mass is 16.4. The first kappa shape index (κ1) is 43.1. The molecule has 20 nitrogen and oxygen atoms in total. The molecule has 0 unspecified atom stereocenters. The predicted molar refractivity (Wildman–Crippen MR) is 163 cm³/mol. The number of hydrogen-bond donors (Lipinski definition) is 11. The Morgan fingerprint density at radius 3 is 1.35 bits per heavy atom. The molecule has 0 aromatic rings. The molecule has 5 amide bonds. The van der Waals surface area contributed by atoms with Gasteiger partial charge in [-0.05, 0) is 39.0 Å². The van der Waals surface area contributed by atoms with Gasteiger partial charge in [0.15, 0.2) is 0 Å². The number of aliphatic hydroxyl groups excluding tert-OH is 1. The van der Waals surface area contributed by atoms with Crippen LogP contribution in [0.5, 0.6) is 0 Å². The van der Waals surface area contributed by atoms with Crippen molar-refractivity contribution in [1.82, 2.24) is 26.6 Å². The van der Waals surface area contributed by atoms with Gasteiger partial charge < -0.3 is 57.9 Å². The van der Waals surface area contributed by atoms with E-state index in [4.69, 9.17) is 15.9 Å². The first-order chi connectivity index (χ1) is 22.2. The van der Waals surface area contributed by atoms with Crippen molar-refractivity contribution in [2.24, 2.45) is 11.7 Å². The molecule has 0 bridgehead atoms. The number of carboxylic acid groups (broad SMARTS) is 4. The van der Waals surface area contributed by atoms with Gasteiger partial charge in [-0.3, -0.25) is 38.4 Å². The smallest absolute Gasteiger partial charge is 0.326 e. The Bertz CT molecular complexity index is 1200. The highest BCUT2D eigenvalue weighted by molar-refractivity contribution is 5.96. The van der Waals surface area contributed by atoms with E-state index >= 15 is 0 Å². The Morgan fingerprint density at radius 2 is 0.958 bits per heavy atom. The lowest BCUT2D eigenvalue weighted by atomic mass is 9.97. The van der Waals surface area contributed by atoms with Gasteiger partial charge in [-0.25, -0.2) is 4.79 Å². The fourth-order valence-corrected chi connectivity index (χ4v) is 3.98. The first-order valence-electron chi connectivity index (χ1n) is 15.0. The van der Waals surface area contributed by atoms with Crippen molar-refractivity contribution >= 4 is 53.4 Å². The lowest BCUT2D eigenvalue weighted by molar-refractivity contribution is -0.143. The van der Waals surface area contributed by atoms with Gasteiger partial charge in [0.2, 0.25) is 29.5 Å². The van der Waals surface area contributed by atoms with Gasteiger partial charge in [-0.2, -0.15) is 0 Å². The normalized spacial score (nSPS) is 15.9. The summed E-state index contributed by atoms with van der Waals surface area (Å²) < 4.78 is 0. The van der Waals surface area contributed by atoms with Crippen LogP contribution in [0, 0.1) is 5.92 Å². The molecule has 0 rings (SSSR count). The molecule has 0 aromatic heterocycles. The van der Waals surface area contributed by atoms with E-state index in [0.29, 0.717) is 6.42 Å². The van der Waals surface area contributed by atoms with E-state index in [-0.39, 0.29) is 0 Å². The summed E-state index contributed by atoms with van der Waals surface area (Å²) in [7, 11) is 0. The number of aliphatic hydroxyl groups is 1. The summed E-state index contributed by atoms with van der Waals surface area (Å²) in [5.74, 6) is -11.1. The van der Waals surface area contributed by atoms with Crippen molar-refractivity contribution in [2.75, 3.05) is 0 Å². The number of carboxylic acids is 4. The van der Waals surface area contributed by atoms with E-state index in [0.717, 1.165) is 0 Å². The number of rotatable bonds is 23. The second-order valence-corrected chi connectivity index (χ2v) is 11.2. The molecule has 0 saturated heterocycles. The summed E-state index contributed by atoms with van der Waals surface area (Å²) in [6.07, 6.45) is -4.24. The number of carbonyl (C=O) groups is 9. The third-order valence-electron chi connectivity index (χ3n) is 7.19. The van der Waals surface area contributed by atoms with E-state index in [1.165, 1.54) is 13.8 Å². The molecule has 0 aliphatic carbocycles. The topological polar surface area (TPSA) is 341 Å². The van der Waals surface area contributed by atoms with Crippen LogP contribution in [0.2, 0.25) is 0 Å². The van der Waals surface area contributed by atoms with Gasteiger partial charge >= 0.3 is 23.9 Å². The molecule has 0 spiro atoms. The van der Waals surface area contributed by atoms with E-state index in [2.05, 4.69) is 26.6 Å². The maximum absolute atomic E-state index is 13.4. The Morgan fingerprint density at radius 1 is 0.562 bits per heavy atom. The Balaban J connectivity index is 6.00. The van der Waals surface area contributed by atoms with E-state index in [9.17, 15) is 58.5 Å². The zero-order valence-electron chi connectivity index (χ0n) is 27.1. The maximum atomic E-state index is 13.4. The monoisotopic (exact) mass is 690 g/mol. The van der Waals surface area contributed by atoms with Gasteiger partial charge in [0.25, 0.3) is 0 Å². The van der Waals surface area contributed by atoms with Crippen molar-refractivity contribution in [3.63, 3.8) is 0 Å². The molecule has 0 aromatic carbocycles. The van der Waals surface area contributed by atoms with E-state index < -0.39 is 140 Å². The molecule has 0 aliphatic heterocycles. The zero-order chi connectivity index (χ0) is 37.3. The molecule has 0 heterocycles. The quantitative estimate of drug-likeness (QED) is 0.0505. The summed E-state index contributed by atoms with van der Waals surface area (Å²) >= 11 is 0. The Labute approximate surface area is 275 Å². The van der Waals surface area contributed by atoms with Crippen LogP contribution in [0.4, 0.5) is 0 Å². The third kappa shape index (κ3) is 16.1. The molecule has 272 valence electrons. The van der Waals surface area contributed by atoms with Crippen molar-refractivity contribution in [3.05, 3.63) is 0 Å². The van der Waals surface area contributed by atoms with Crippen molar-refractivity contribution in [1.29, 1.82) is 0 Å². The lowest BCUT2D eigenvalue weighted by Crippen LogP contribution is -2.60. The summed E-state index contributed by atoms with van der Waals surface area (Å²) in [5.41, 5.74) is 5.58. The fraction of sp³-hybridized carbons (Fsp3) is 0.679. The highest BCUT2D eigenvalue weighted by Crippen LogP contribution is 2.11. The minimum absolute atomic E-state index is 0.300. The van der Waals surface area contributed by atoms with Crippen LogP contribution >= 0.6 is 0 Å². The number of aliphatic carboxylic acids is 4. The van der Waals surface area contributed by atoms with Crippen LogP contribution in [-0.2, 0) is 43.2 Å². The molecule has 0 aliphatic rings. The number of hydrogen-bond acceptors (Lipinski definition) is 11. The first-order valence-corrected chi connectivity index (χ1v) is 15.0. The minimum Gasteiger partial charge on any atom is -0.481 e. The van der Waals surface area contributed by atoms with Crippen molar-refractivity contribution in [2.45, 2.75) is 115 Å². The number of nitrogens with one attached hydrogen (secondary N) is 5. The Hall–Kier alpha value is -4.85. The molecule has 12 N–H and O–H groups in total. The van der Waals surface area contributed by atoms with Crippen LogP contribution in [0.3, 0.4) is 0 Å². The molecule has 48 heavy (non-hydrogen) atoms. The SMILES string of the molecule is CC[C@H](C)[C@H](NC(=O)[C@H](CCC(=O)O)NC(=O)[C@H](CCC(=O)O)NC(=O)[C@@H](N)[C@@H](C)O)C(=O)N[C@@H](C)C(=O)N[C@@H](CCC(=O)O)C(=O)O. The largest absolute Gasteiger partial charge is 0.481 e. The number of carbonyl (C=O) groups excluding carboxylic acids is 5. The molecule has 8 atom stereocenters. The lowest BCUT2D eigenvalue weighted by Gasteiger charge is -2.28.